The van der Waals surface area contributed by atoms with E-state index in [4.69, 9.17) is 9.84 Å². The summed E-state index contributed by atoms with van der Waals surface area (Å²) in [6.07, 6.45) is 3.14. The lowest BCUT2D eigenvalue weighted by Gasteiger charge is -2.50. The number of carboxylic acids is 1. The van der Waals surface area contributed by atoms with Crippen LogP contribution in [0, 0.1) is 5.92 Å². The molecule has 0 aromatic carbocycles. The van der Waals surface area contributed by atoms with Crippen molar-refractivity contribution in [3.63, 3.8) is 0 Å². The first-order valence-corrected chi connectivity index (χ1v) is 7.85. The lowest BCUT2D eigenvalue weighted by atomic mass is 9.71. The number of carbonyl (C=O) groups is 2. The maximum absolute atomic E-state index is 11.5. The van der Waals surface area contributed by atoms with Crippen LogP contribution in [0.4, 0.5) is 0 Å². The van der Waals surface area contributed by atoms with Gasteiger partial charge in [0.25, 0.3) is 0 Å². The van der Waals surface area contributed by atoms with Gasteiger partial charge in [-0.2, -0.15) is 4.37 Å². The summed E-state index contributed by atoms with van der Waals surface area (Å²) < 4.78 is 9.61. The summed E-state index contributed by atoms with van der Waals surface area (Å²) in [6, 6.07) is 0. The van der Waals surface area contributed by atoms with Crippen LogP contribution in [0.5, 0.6) is 0 Å². The number of nitrogens with zero attached hydrogens (tertiary/aromatic N) is 2. The molecule has 4 rings (SSSR count). The number of aliphatic carboxylic acids is 1. The summed E-state index contributed by atoms with van der Waals surface area (Å²) >= 11 is 1.31. The molecular formula is C13H17N3O4S. The summed E-state index contributed by atoms with van der Waals surface area (Å²) in [6.45, 7) is 2.72. The third kappa shape index (κ3) is 2.53. The van der Waals surface area contributed by atoms with E-state index in [0.717, 1.165) is 36.6 Å². The lowest BCUT2D eigenvalue weighted by Crippen LogP contribution is -2.62. The number of carbonyl (C=O) groups excluding carboxylic acids is 1. The zero-order valence-electron chi connectivity index (χ0n) is 11.7. The topological polar surface area (TPSA) is 101 Å². The summed E-state index contributed by atoms with van der Waals surface area (Å²) in [5.41, 5.74) is -0.950. The van der Waals surface area contributed by atoms with E-state index in [1.165, 1.54) is 11.5 Å². The molecule has 114 valence electrons. The average Bonchev–Trinajstić information content (AvgIpc) is 2.96. The molecule has 3 unspecified atom stereocenters. The van der Waals surface area contributed by atoms with E-state index in [-0.39, 0.29) is 5.92 Å². The molecule has 3 fully saturated rings. The van der Waals surface area contributed by atoms with Gasteiger partial charge in [0.05, 0.1) is 5.92 Å². The van der Waals surface area contributed by atoms with Crippen LogP contribution in [0.3, 0.4) is 0 Å². The molecule has 3 atom stereocenters. The minimum Gasteiger partial charge on any atom is -0.473 e. The Balaban J connectivity index is 1.89. The minimum atomic E-state index is -1.57. The van der Waals surface area contributed by atoms with E-state index < -0.39 is 17.7 Å². The van der Waals surface area contributed by atoms with E-state index in [0.29, 0.717) is 12.3 Å². The lowest BCUT2D eigenvalue weighted by molar-refractivity contribution is -0.189. The number of esters is 1. The van der Waals surface area contributed by atoms with Gasteiger partial charge in [-0.15, -0.1) is 0 Å². The van der Waals surface area contributed by atoms with Crippen LogP contribution in [0.2, 0.25) is 0 Å². The Hall–Kier alpha value is -1.54. The maximum atomic E-state index is 11.5. The number of rotatable bonds is 3. The van der Waals surface area contributed by atoms with E-state index in [1.807, 2.05) is 6.92 Å². The summed E-state index contributed by atoms with van der Waals surface area (Å²) in [4.78, 5) is 26.8. The second-order valence-electron chi connectivity index (χ2n) is 5.56. The molecule has 1 aliphatic carbocycles. The molecule has 2 aliphatic heterocycles. The number of aryl methyl sites for hydroxylation is 1. The van der Waals surface area contributed by atoms with Crippen LogP contribution in [0.25, 0.3) is 0 Å². The van der Waals surface area contributed by atoms with Gasteiger partial charge < -0.3 is 9.84 Å². The number of aromatic nitrogens is 2. The van der Waals surface area contributed by atoms with Crippen molar-refractivity contribution < 1.29 is 19.4 Å². The molecule has 1 saturated carbocycles. The summed E-state index contributed by atoms with van der Waals surface area (Å²) in [7, 11) is 0. The van der Waals surface area contributed by atoms with Gasteiger partial charge in [0.1, 0.15) is 10.8 Å². The zero-order valence-corrected chi connectivity index (χ0v) is 12.5. The first-order valence-electron chi connectivity index (χ1n) is 7.08. The number of carboxylic acid groups (broad SMARTS) is 1. The summed E-state index contributed by atoms with van der Waals surface area (Å²) in [5, 5.41) is 12.9. The van der Waals surface area contributed by atoms with Gasteiger partial charge in [-0.3, -0.25) is 5.32 Å². The fraction of sp³-hybridized carbons (Fsp3) is 0.692. The molecule has 0 spiro atoms. The highest BCUT2D eigenvalue weighted by Gasteiger charge is 2.53. The molecule has 0 radical (unpaired) electrons. The van der Waals surface area contributed by atoms with E-state index >= 15 is 0 Å². The molecule has 3 heterocycles. The minimum absolute atomic E-state index is 0.119. The van der Waals surface area contributed by atoms with Gasteiger partial charge in [-0.25, -0.2) is 14.6 Å². The molecule has 1 aromatic rings. The molecule has 7 nitrogen and oxygen atoms in total. The van der Waals surface area contributed by atoms with Crippen molar-refractivity contribution in [2.24, 2.45) is 5.92 Å². The zero-order chi connectivity index (χ0) is 15.0. The van der Waals surface area contributed by atoms with Crippen LogP contribution in [-0.4, -0.2) is 38.7 Å². The molecule has 8 heteroatoms. The molecule has 21 heavy (non-hydrogen) atoms. The van der Waals surface area contributed by atoms with Crippen LogP contribution < -0.4 is 5.32 Å². The number of fused-ring (bicyclic) bond motifs is 3. The van der Waals surface area contributed by atoms with Crippen molar-refractivity contribution in [1.29, 1.82) is 0 Å². The SMILES string of the molecule is CCc1nsc(C2CC3CCC2(OC(=O)C(=O)O)NC3)n1. The highest BCUT2D eigenvalue weighted by molar-refractivity contribution is 7.05. The number of hydrogen-bond donors (Lipinski definition) is 2. The Morgan fingerprint density at radius 2 is 2.38 bits per heavy atom. The standard InChI is InChI=1S/C13H17N3O4S/c1-2-9-15-10(21-16-9)8-5-7-3-4-13(8,14-6-7)20-12(19)11(17)18/h7-8,14H,2-6H2,1H3,(H,17,18). The van der Waals surface area contributed by atoms with Crippen LogP contribution in [0.15, 0.2) is 0 Å². The fourth-order valence-electron chi connectivity index (χ4n) is 3.17. The highest BCUT2D eigenvalue weighted by Crippen LogP contribution is 2.48. The van der Waals surface area contributed by atoms with E-state index in [1.54, 1.807) is 0 Å². The fourth-order valence-corrected chi connectivity index (χ4v) is 4.10. The number of ether oxygens (including phenoxy) is 1. The highest BCUT2D eigenvalue weighted by atomic mass is 32.1. The van der Waals surface area contributed by atoms with Gasteiger partial charge in [0.15, 0.2) is 5.72 Å². The first-order chi connectivity index (χ1) is 10.0. The summed E-state index contributed by atoms with van der Waals surface area (Å²) in [5.74, 6) is -1.62. The van der Waals surface area contributed by atoms with Crippen molar-refractivity contribution in [3.8, 4) is 0 Å². The maximum Gasteiger partial charge on any atom is 0.419 e. The molecule has 1 aromatic heterocycles. The van der Waals surface area contributed by atoms with Gasteiger partial charge in [-0.1, -0.05) is 6.92 Å². The molecule has 2 saturated heterocycles. The Kier molecular flexibility index (Phi) is 3.66. The average molecular weight is 311 g/mol. The predicted molar refractivity (Wildman–Crippen MR) is 73.8 cm³/mol. The van der Waals surface area contributed by atoms with E-state index in [9.17, 15) is 9.59 Å². The third-order valence-corrected chi connectivity index (χ3v) is 5.16. The molecule has 2 N–H and O–H groups in total. The van der Waals surface area contributed by atoms with Crippen molar-refractivity contribution in [1.82, 2.24) is 14.7 Å². The Bertz CT molecular complexity index is 566. The van der Waals surface area contributed by atoms with Gasteiger partial charge in [0.2, 0.25) is 0 Å². The largest absolute Gasteiger partial charge is 0.473 e. The quantitative estimate of drug-likeness (QED) is 0.632. The number of piperidine rings is 2. The molecule has 2 bridgehead atoms. The second kappa shape index (κ2) is 5.34. The van der Waals surface area contributed by atoms with Crippen molar-refractivity contribution in [2.75, 3.05) is 6.54 Å². The molecule has 3 aliphatic rings. The van der Waals surface area contributed by atoms with Crippen molar-refractivity contribution in [2.45, 2.75) is 44.2 Å². The Labute approximate surface area is 125 Å². The van der Waals surface area contributed by atoms with E-state index in [2.05, 4.69) is 14.7 Å². The number of nitrogens with one attached hydrogen (secondary N) is 1. The van der Waals surface area contributed by atoms with Crippen LogP contribution >= 0.6 is 11.5 Å². The van der Waals surface area contributed by atoms with Gasteiger partial charge in [-0.05, 0) is 30.3 Å². The Morgan fingerprint density at radius 1 is 1.57 bits per heavy atom. The monoisotopic (exact) mass is 311 g/mol. The number of hydrogen-bond acceptors (Lipinski definition) is 7. The second-order valence-corrected chi connectivity index (χ2v) is 6.34. The molecular weight excluding hydrogens is 294 g/mol. The van der Waals surface area contributed by atoms with Crippen LogP contribution in [0.1, 0.15) is 42.9 Å². The normalized spacial score (nSPS) is 31.1. The van der Waals surface area contributed by atoms with Crippen LogP contribution in [-0.2, 0) is 20.7 Å². The predicted octanol–water partition coefficient (Wildman–Crippen LogP) is 0.911. The smallest absolute Gasteiger partial charge is 0.419 e. The van der Waals surface area contributed by atoms with Crippen molar-refractivity contribution in [3.05, 3.63) is 10.8 Å². The Morgan fingerprint density at radius 3 is 2.95 bits per heavy atom. The third-order valence-electron chi connectivity index (χ3n) is 4.29. The van der Waals surface area contributed by atoms with Gasteiger partial charge in [0, 0.05) is 19.4 Å². The first kappa shape index (κ1) is 14.4. The molecule has 0 amide bonds. The van der Waals surface area contributed by atoms with Gasteiger partial charge >= 0.3 is 11.9 Å². The van der Waals surface area contributed by atoms with Crippen molar-refractivity contribution >= 4 is 23.5 Å².